The van der Waals surface area contributed by atoms with Gasteiger partial charge in [0, 0.05) is 23.6 Å². The second-order valence-electron chi connectivity index (χ2n) is 5.83. The molecule has 2 aromatic carbocycles. The summed E-state index contributed by atoms with van der Waals surface area (Å²) in [6.07, 6.45) is 3.00. The van der Waals surface area contributed by atoms with E-state index in [0.29, 0.717) is 0 Å². The molecule has 0 unspecified atom stereocenters. The van der Waals surface area contributed by atoms with Crippen LogP contribution in [-0.2, 0) is 6.42 Å². The maximum absolute atomic E-state index is 4.71. The lowest BCUT2D eigenvalue weighted by Crippen LogP contribution is -1.90. The molecular weight excluding hydrogens is 242 g/mol. The fourth-order valence-electron chi connectivity index (χ4n) is 3.42. The van der Waals surface area contributed by atoms with Crippen LogP contribution in [0, 0.1) is 20.8 Å². The van der Waals surface area contributed by atoms with Crippen molar-refractivity contribution in [3.8, 4) is 11.1 Å². The Morgan fingerprint density at radius 1 is 0.950 bits per heavy atom. The molecule has 0 saturated heterocycles. The number of rotatable bonds is 0. The van der Waals surface area contributed by atoms with Gasteiger partial charge in [0.25, 0.3) is 0 Å². The van der Waals surface area contributed by atoms with E-state index in [1.54, 1.807) is 0 Å². The van der Waals surface area contributed by atoms with Gasteiger partial charge in [0.15, 0.2) is 0 Å². The van der Waals surface area contributed by atoms with Crippen LogP contribution in [0.25, 0.3) is 21.9 Å². The quantitative estimate of drug-likeness (QED) is 0.445. The zero-order chi connectivity index (χ0) is 13.9. The number of aromatic nitrogens is 1. The highest BCUT2D eigenvalue weighted by Crippen LogP contribution is 2.42. The Bertz CT molecular complexity index is 859. The number of aryl methyl sites for hydroxylation is 2. The lowest BCUT2D eigenvalue weighted by molar-refractivity contribution is 1.11. The van der Waals surface area contributed by atoms with Crippen LogP contribution in [-0.4, -0.2) is 4.98 Å². The third-order valence-electron chi connectivity index (χ3n) is 4.69. The van der Waals surface area contributed by atoms with Crippen LogP contribution in [0.4, 0.5) is 0 Å². The lowest BCUT2D eigenvalue weighted by atomic mass is 9.95. The zero-order valence-corrected chi connectivity index (χ0v) is 12.1. The molecule has 0 amide bonds. The maximum Gasteiger partial charge on any atom is 0.0532 e. The first-order chi connectivity index (χ1) is 9.66. The van der Waals surface area contributed by atoms with Gasteiger partial charge in [0.2, 0.25) is 0 Å². The predicted octanol–water partition coefficient (Wildman–Crippen LogP) is 4.73. The lowest BCUT2D eigenvalue weighted by Gasteiger charge is -2.10. The number of benzene rings is 2. The molecule has 1 aliphatic carbocycles. The fourth-order valence-corrected chi connectivity index (χ4v) is 3.42. The molecule has 1 heterocycles. The minimum Gasteiger partial charge on any atom is -0.260 e. The van der Waals surface area contributed by atoms with Gasteiger partial charge in [-0.25, -0.2) is 0 Å². The Morgan fingerprint density at radius 2 is 1.80 bits per heavy atom. The number of pyridine rings is 1. The summed E-state index contributed by atoms with van der Waals surface area (Å²) in [4.78, 5) is 4.71. The summed E-state index contributed by atoms with van der Waals surface area (Å²) in [6, 6.07) is 11.0. The average Bonchev–Trinajstić information content (AvgIpc) is 2.82. The summed E-state index contributed by atoms with van der Waals surface area (Å²) in [6.45, 7) is 6.62. The van der Waals surface area contributed by atoms with E-state index >= 15 is 0 Å². The van der Waals surface area contributed by atoms with E-state index in [1.165, 1.54) is 49.8 Å². The molecule has 0 saturated carbocycles. The third-order valence-corrected chi connectivity index (χ3v) is 4.69. The number of nitrogens with zero attached hydrogens (tertiary/aromatic N) is 1. The van der Waals surface area contributed by atoms with Crippen LogP contribution in [0.5, 0.6) is 0 Å². The number of hydrogen-bond acceptors (Lipinski definition) is 1. The molecule has 1 heteroatoms. The van der Waals surface area contributed by atoms with Gasteiger partial charge in [-0.1, -0.05) is 30.3 Å². The minimum atomic E-state index is 0.975. The smallest absolute Gasteiger partial charge is 0.0532 e. The van der Waals surface area contributed by atoms with Crippen LogP contribution in [0.2, 0.25) is 0 Å². The first kappa shape index (κ1) is 11.7. The standard InChI is InChI=1S/C19H17N/c1-11-7-8-15-16(13(11)3)9-17-19(15)18-12(2)5-4-6-14(18)10-20-17/h4-8,10H,9H2,1-3H3. The topological polar surface area (TPSA) is 12.9 Å². The van der Waals surface area contributed by atoms with Gasteiger partial charge in [-0.15, -0.1) is 0 Å². The van der Waals surface area contributed by atoms with Crippen LogP contribution >= 0.6 is 0 Å². The van der Waals surface area contributed by atoms with Crippen molar-refractivity contribution in [3.05, 3.63) is 64.5 Å². The monoisotopic (exact) mass is 259 g/mol. The van der Waals surface area contributed by atoms with Crippen LogP contribution in [0.3, 0.4) is 0 Å². The first-order valence-electron chi connectivity index (χ1n) is 7.13. The number of hydrogen-bond donors (Lipinski definition) is 0. The molecule has 20 heavy (non-hydrogen) atoms. The van der Waals surface area contributed by atoms with Crippen LogP contribution < -0.4 is 0 Å². The minimum absolute atomic E-state index is 0.975. The molecule has 0 N–H and O–H groups in total. The third kappa shape index (κ3) is 1.41. The molecule has 1 nitrogen and oxygen atoms in total. The predicted molar refractivity (Wildman–Crippen MR) is 84.2 cm³/mol. The Morgan fingerprint density at radius 3 is 2.65 bits per heavy atom. The molecular formula is C19H17N. The molecule has 98 valence electrons. The number of fused-ring (bicyclic) bond motifs is 5. The zero-order valence-electron chi connectivity index (χ0n) is 12.1. The Labute approximate surface area is 119 Å². The maximum atomic E-state index is 4.71. The summed E-state index contributed by atoms with van der Waals surface area (Å²) in [5.74, 6) is 0. The molecule has 3 aromatic rings. The molecule has 0 bridgehead atoms. The Kier molecular flexibility index (Phi) is 2.29. The fraction of sp³-hybridized carbons (Fsp3) is 0.211. The van der Waals surface area contributed by atoms with Crippen molar-refractivity contribution >= 4 is 10.8 Å². The van der Waals surface area contributed by atoms with Crippen LogP contribution in [0.1, 0.15) is 27.9 Å². The van der Waals surface area contributed by atoms with Gasteiger partial charge in [0.1, 0.15) is 0 Å². The summed E-state index contributed by atoms with van der Waals surface area (Å²) >= 11 is 0. The van der Waals surface area contributed by atoms with Crippen molar-refractivity contribution in [2.45, 2.75) is 27.2 Å². The van der Waals surface area contributed by atoms with E-state index in [4.69, 9.17) is 4.98 Å². The Hall–Kier alpha value is -2.15. The van der Waals surface area contributed by atoms with Crippen molar-refractivity contribution < 1.29 is 0 Å². The molecule has 1 aromatic heterocycles. The molecule has 0 aliphatic heterocycles. The normalized spacial score (nSPS) is 12.6. The summed E-state index contributed by atoms with van der Waals surface area (Å²) in [5, 5.41) is 2.62. The Balaban J connectivity index is 2.16. The highest BCUT2D eigenvalue weighted by Gasteiger charge is 2.24. The average molecular weight is 259 g/mol. The van der Waals surface area contributed by atoms with Crippen molar-refractivity contribution in [1.29, 1.82) is 0 Å². The van der Waals surface area contributed by atoms with Crippen molar-refractivity contribution in [2.75, 3.05) is 0 Å². The molecule has 0 spiro atoms. The largest absolute Gasteiger partial charge is 0.260 e. The van der Waals surface area contributed by atoms with E-state index in [0.717, 1.165) is 6.42 Å². The summed E-state index contributed by atoms with van der Waals surface area (Å²) in [5.41, 5.74) is 9.57. The van der Waals surface area contributed by atoms with Gasteiger partial charge in [-0.05, 0) is 54.0 Å². The SMILES string of the molecule is Cc1ccc2c(c1C)Cc1ncc3cccc(C)c3c1-2. The van der Waals surface area contributed by atoms with E-state index < -0.39 is 0 Å². The van der Waals surface area contributed by atoms with Gasteiger partial charge < -0.3 is 0 Å². The summed E-state index contributed by atoms with van der Waals surface area (Å²) < 4.78 is 0. The molecule has 4 rings (SSSR count). The highest BCUT2D eigenvalue weighted by molar-refractivity contribution is 6.02. The second kappa shape index (κ2) is 3.92. The molecule has 0 radical (unpaired) electrons. The first-order valence-corrected chi connectivity index (χ1v) is 7.13. The van der Waals surface area contributed by atoms with Crippen molar-refractivity contribution in [2.24, 2.45) is 0 Å². The molecule has 0 atom stereocenters. The second-order valence-corrected chi connectivity index (χ2v) is 5.83. The van der Waals surface area contributed by atoms with E-state index in [1.807, 2.05) is 6.20 Å². The van der Waals surface area contributed by atoms with Gasteiger partial charge in [0.05, 0.1) is 5.69 Å². The van der Waals surface area contributed by atoms with Crippen LogP contribution in [0.15, 0.2) is 36.5 Å². The van der Waals surface area contributed by atoms with Crippen molar-refractivity contribution in [1.82, 2.24) is 4.98 Å². The van der Waals surface area contributed by atoms with E-state index in [2.05, 4.69) is 51.1 Å². The van der Waals surface area contributed by atoms with E-state index in [9.17, 15) is 0 Å². The highest BCUT2D eigenvalue weighted by atomic mass is 14.7. The summed E-state index contributed by atoms with van der Waals surface area (Å²) in [7, 11) is 0. The van der Waals surface area contributed by atoms with E-state index in [-0.39, 0.29) is 0 Å². The van der Waals surface area contributed by atoms with Gasteiger partial charge in [-0.2, -0.15) is 0 Å². The van der Waals surface area contributed by atoms with Gasteiger partial charge in [-0.3, -0.25) is 4.98 Å². The molecule has 0 fully saturated rings. The van der Waals surface area contributed by atoms with Gasteiger partial charge >= 0.3 is 0 Å². The van der Waals surface area contributed by atoms with Crippen molar-refractivity contribution in [3.63, 3.8) is 0 Å². The molecule has 1 aliphatic rings.